The van der Waals surface area contributed by atoms with E-state index in [2.05, 4.69) is 19.2 Å². The van der Waals surface area contributed by atoms with Crippen molar-refractivity contribution >= 4 is 11.6 Å². The molecule has 2 rings (SSSR count). The van der Waals surface area contributed by atoms with Crippen molar-refractivity contribution in [3.63, 3.8) is 0 Å². The van der Waals surface area contributed by atoms with Crippen molar-refractivity contribution in [1.82, 2.24) is 5.32 Å². The highest BCUT2D eigenvalue weighted by Crippen LogP contribution is 2.51. The highest BCUT2D eigenvalue weighted by Gasteiger charge is 2.44. The van der Waals surface area contributed by atoms with Crippen molar-refractivity contribution in [3.05, 3.63) is 28.8 Å². The van der Waals surface area contributed by atoms with Crippen LogP contribution in [0.5, 0.6) is 5.75 Å². The molecule has 1 aliphatic rings. The Bertz CT molecular complexity index is 390. The van der Waals surface area contributed by atoms with Gasteiger partial charge >= 0.3 is 0 Å². The van der Waals surface area contributed by atoms with Crippen LogP contribution in [0.4, 0.5) is 0 Å². The summed E-state index contributed by atoms with van der Waals surface area (Å²) in [5, 5.41) is 13.5. The van der Waals surface area contributed by atoms with Crippen molar-refractivity contribution in [3.8, 4) is 5.75 Å². The van der Waals surface area contributed by atoms with Gasteiger partial charge in [-0.25, -0.2) is 0 Å². The normalized spacial score (nSPS) is 22.1. The summed E-state index contributed by atoms with van der Waals surface area (Å²) in [6.07, 6.45) is 1.29. The number of para-hydroxylation sites is 1. The summed E-state index contributed by atoms with van der Waals surface area (Å²) in [5.74, 6) is 0.973. The topological polar surface area (TPSA) is 32.3 Å². The Kier molecular flexibility index (Phi) is 3.13. The molecule has 0 spiro atoms. The largest absolute Gasteiger partial charge is 0.506 e. The van der Waals surface area contributed by atoms with Crippen LogP contribution in [0, 0.1) is 11.3 Å². The summed E-state index contributed by atoms with van der Waals surface area (Å²) in [7, 11) is 0. The maximum Gasteiger partial charge on any atom is 0.138 e. The molecule has 0 radical (unpaired) electrons. The molecule has 0 saturated heterocycles. The number of rotatable bonds is 4. The average Bonchev–Trinajstić information content (AvgIpc) is 2.81. The number of nitrogens with one attached hydrogen (secondary N) is 1. The Morgan fingerprint density at radius 3 is 2.81 bits per heavy atom. The molecule has 1 aliphatic carbocycles. The van der Waals surface area contributed by atoms with Crippen LogP contribution < -0.4 is 5.32 Å². The van der Waals surface area contributed by atoms with E-state index < -0.39 is 0 Å². The molecule has 0 aliphatic heterocycles. The molecule has 16 heavy (non-hydrogen) atoms. The minimum atomic E-state index is 0.201. The first-order valence-corrected chi connectivity index (χ1v) is 6.05. The van der Waals surface area contributed by atoms with E-state index in [4.69, 9.17) is 11.6 Å². The predicted octanol–water partition coefficient (Wildman–Crippen LogP) is 3.18. The lowest BCUT2D eigenvalue weighted by Crippen LogP contribution is -2.18. The first kappa shape index (κ1) is 11.7. The van der Waals surface area contributed by atoms with Gasteiger partial charge in [0, 0.05) is 12.1 Å². The summed E-state index contributed by atoms with van der Waals surface area (Å²) in [4.78, 5) is 0. The third kappa shape index (κ3) is 2.50. The van der Waals surface area contributed by atoms with Crippen molar-refractivity contribution in [1.29, 1.82) is 0 Å². The second kappa shape index (κ2) is 4.27. The van der Waals surface area contributed by atoms with Gasteiger partial charge in [-0.15, -0.1) is 0 Å². The molecular weight excluding hydrogens is 222 g/mol. The van der Waals surface area contributed by atoms with Gasteiger partial charge in [0.2, 0.25) is 0 Å². The second-order valence-electron chi connectivity index (χ2n) is 5.27. The standard InChI is InChI=1S/C13H18ClNO/c1-13(2)6-10(13)8-15-7-9-4-3-5-11(14)12(9)16/h3-5,10,15-16H,6-8H2,1-2H3. The Morgan fingerprint density at radius 2 is 2.19 bits per heavy atom. The predicted molar refractivity (Wildman–Crippen MR) is 66.7 cm³/mol. The fourth-order valence-corrected chi connectivity index (χ4v) is 2.20. The lowest BCUT2D eigenvalue weighted by atomic mass is 10.1. The summed E-state index contributed by atoms with van der Waals surface area (Å²) in [5.41, 5.74) is 1.37. The molecular formula is C13H18ClNO. The van der Waals surface area contributed by atoms with Gasteiger partial charge in [-0.2, -0.15) is 0 Å². The van der Waals surface area contributed by atoms with Gasteiger partial charge in [-0.05, 0) is 30.4 Å². The monoisotopic (exact) mass is 239 g/mol. The molecule has 0 aromatic heterocycles. The molecule has 1 fully saturated rings. The van der Waals surface area contributed by atoms with Gasteiger partial charge in [0.25, 0.3) is 0 Å². The number of benzene rings is 1. The maximum atomic E-state index is 9.71. The number of phenolic OH excluding ortho intramolecular Hbond substituents is 1. The number of phenols is 1. The van der Waals surface area contributed by atoms with Crippen LogP contribution >= 0.6 is 11.6 Å². The van der Waals surface area contributed by atoms with Crippen LogP contribution in [-0.2, 0) is 6.54 Å². The summed E-state index contributed by atoms with van der Waals surface area (Å²) in [6.45, 7) is 6.27. The SMILES string of the molecule is CC1(C)CC1CNCc1cccc(Cl)c1O. The van der Waals surface area contributed by atoms with Crippen molar-refractivity contribution in [2.75, 3.05) is 6.54 Å². The van der Waals surface area contributed by atoms with Gasteiger partial charge in [0.1, 0.15) is 5.75 Å². The lowest BCUT2D eigenvalue weighted by Gasteiger charge is -2.08. The van der Waals surface area contributed by atoms with E-state index in [-0.39, 0.29) is 5.75 Å². The second-order valence-corrected chi connectivity index (χ2v) is 5.68. The molecule has 1 aromatic carbocycles. The molecule has 0 bridgehead atoms. The smallest absolute Gasteiger partial charge is 0.138 e. The fraction of sp³-hybridized carbons (Fsp3) is 0.538. The van der Waals surface area contributed by atoms with Crippen LogP contribution in [0.25, 0.3) is 0 Å². The Hall–Kier alpha value is -0.730. The van der Waals surface area contributed by atoms with Crippen molar-refractivity contribution < 1.29 is 5.11 Å². The minimum absolute atomic E-state index is 0.201. The summed E-state index contributed by atoms with van der Waals surface area (Å²) in [6, 6.07) is 5.46. The molecule has 1 aromatic rings. The van der Waals surface area contributed by atoms with Crippen LogP contribution in [0.15, 0.2) is 18.2 Å². The van der Waals surface area contributed by atoms with Gasteiger partial charge < -0.3 is 10.4 Å². The Labute approximate surface area is 102 Å². The first-order valence-electron chi connectivity index (χ1n) is 5.68. The van der Waals surface area contributed by atoms with E-state index >= 15 is 0 Å². The highest BCUT2D eigenvalue weighted by molar-refractivity contribution is 6.32. The minimum Gasteiger partial charge on any atom is -0.506 e. The number of aromatic hydroxyl groups is 1. The zero-order chi connectivity index (χ0) is 11.8. The average molecular weight is 240 g/mol. The van der Waals surface area contributed by atoms with Crippen molar-refractivity contribution in [2.45, 2.75) is 26.8 Å². The van der Waals surface area contributed by atoms with Gasteiger partial charge in [0.15, 0.2) is 0 Å². The summed E-state index contributed by atoms with van der Waals surface area (Å²) < 4.78 is 0. The first-order chi connectivity index (χ1) is 7.50. The third-order valence-corrected chi connectivity index (χ3v) is 3.80. The van der Waals surface area contributed by atoms with E-state index in [1.807, 2.05) is 12.1 Å². The lowest BCUT2D eigenvalue weighted by molar-refractivity contribution is 0.461. The molecule has 1 atom stereocenters. The number of halogens is 1. The molecule has 0 heterocycles. The van der Waals surface area contributed by atoms with Crippen LogP contribution in [-0.4, -0.2) is 11.7 Å². The van der Waals surface area contributed by atoms with Gasteiger partial charge in [-0.3, -0.25) is 0 Å². The maximum absolute atomic E-state index is 9.71. The van der Waals surface area contributed by atoms with Gasteiger partial charge in [-0.1, -0.05) is 37.6 Å². The van der Waals surface area contributed by atoms with E-state index in [0.717, 1.165) is 18.0 Å². The quantitative estimate of drug-likeness (QED) is 0.846. The van der Waals surface area contributed by atoms with Gasteiger partial charge in [0.05, 0.1) is 5.02 Å². The molecule has 1 unspecified atom stereocenters. The molecule has 0 amide bonds. The number of hydrogen-bond donors (Lipinski definition) is 2. The van der Waals surface area contributed by atoms with Crippen LogP contribution in [0.3, 0.4) is 0 Å². The highest BCUT2D eigenvalue weighted by atomic mass is 35.5. The van der Waals surface area contributed by atoms with Crippen LogP contribution in [0.1, 0.15) is 25.8 Å². The van der Waals surface area contributed by atoms with E-state index in [1.165, 1.54) is 6.42 Å². The zero-order valence-corrected chi connectivity index (χ0v) is 10.5. The molecule has 1 saturated carbocycles. The molecule has 88 valence electrons. The Morgan fingerprint density at radius 1 is 1.50 bits per heavy atom. The third-order valence-electron chi connectivity index (χ3n) is 3.49. The molecule has 3 heteroatoms. The zero-order valence-electron chi connectivity index (χ0n) is 9.76. The van der Waals surface area contributed by atoms with Crippen LogP contribution in [0.2, 0.25) is 5.02 Å². The van der Waals surface area contributed by atoms with E-state index in [0.29, 0.717) is 17.0 Å². The molecule has 2 nitrogen and oxygen atoms in total. The Balaban J connectivity index is 1.84. The van der Waals surface area contributed by atoms with E-state index in [1.54, 1.807) is 6.07 Å². The number of hydrogen-bond acceptors (Lipinski definition) is 2. The van der Waals surface area contributed by atoms with E-state index in [9.17, 15) is 5.11 Å². The molecule has 2 N–H and O–H groups in total. The summed E-state index contributed by atoms with van der Waals surface area (Å²) >= 11 is 5.84. The van der Waals surface area contributed by atoms with Crippen molar-refractivity contribution in [2.24, 2.45) is 11.3 Å². The fourth-order valence-electron chi connectivity index (χ4n) is 2.01.